The van der Waals surface area contributed by atoms with Crippen LogP contribution in [0.1, 0.15) is 52.6 Å². The molecular weight excluding hydrogens is 611 g/mol. The van der Waals surface area contributed by atoms with E-state index < -0.39 is 17.8 Å². The van der Waals surface area contributed by atoms with Crippen LogP contribution >= 0.6 is 23.2 Å². The monoisotopic (exact) mass is 634 g/mol. The van der Waals surface area contributed by atoms with Crippen LogP contribution in [0.4, 0.5) is 0 Å². The average molecular weight is 635 g/mol. The number of hydrogen-bond donors (Lipinski definition) is 5. The largest absolute Gasteiger partial charge is 0.478 e. The van der Waals surface area contributed by atoms with Crippen LogP contribution in [0.2, 0.25) is 0 Å². The molecule has 13 nitrogen and oxygen atoms in total. The highest BCUT2D eigenvalue weighted by molar-refractivity contribution is 6.40. The van der Waals surface area contributed by atoms with Gasteiger partial charge in [0.05, 0.1) is 45.3 Å². The Labute approximate surface area is 261 Å². The number of hydrogen-bond acceptors (Lipinski definition) is 9. The zero-order chi connectivity index (χ0) is 32.7. The third kappa shape index (κ3) is 13.7. The first kappa shape index (κ1) is 36.2. The molecule has 2 heterocycles. The number of nitrogens with zero attached hydrogens (tertiary/aromatic N) is 4. The van der Waals surface area contributed by atoms with E-state index in [0.29, 0.717) is 22.3 Å². The minimum Gasteiger partial charge on any atom is -0.478 e. The van der Waals surface area contributed by atoms with Gasteiger partial charge in [0.2, 0.25) is 0 Å². The minimum atomic E-state index is -1.01. The van der Waals surface area contributed by atoms with Gasteiger partial charge in [-0.3, -0.25) is 40.6 Å². The maximum Gasteiger partial charge on any atom is 0.335 e. The van der Waals surface area contributed by atoms with Gasteiger partial charge in [-0.25, -0.2) is 10.6 Å². The molecule has 0 atom stereocenters. The number of nitrogens with two attached hydrogens (primary N) is 1. The van der Waals surface area contributed by atoms with E-state index in [9.17, 15) is 19.2 Å². The fourth-order valence-corrected chi connectivity index (χ4v) is 2.79. The Bertz CT molecular complexity index is 1610. The second-order valence-corrected chi connectivity index (χ2v) is 8.46. The quantitative estimate of drug-likeness (QED) is 0.0951. The first-order chi connectivity index (χ1) is 21.2. The summed E-state index contributed by atoms with van der Waals surface area (Å²) in [5.41, 5.74) is 8.51. The molecule has 0 bridgehead atoms. The molecule has 44 heavy (non-hydrogen) atoms. The Morgan fingerprint density at radius 3 is 1.52 bits per heavy atom. The van der Waals surface area contributed by atoms with Crippen molar-refractivity contribution in [1.82, 2.24) is 26.2 Å². The Balaban J connectivity index is 0.000000341. The molecule has 224 valence electrons. The van der Waals surface area contributed by atoms with Gasteiger partial charge in [0.25, 0.3) is 17.7 Å². The predicted octanol–water partition coefficient (Wildman–Crippen LogP) is 3.39. The van der Waals surface area contributed by atoms with Crippen molar-refractivity contribution in [3.05, 3.63) is 131 Å². The number of carboxylic acids is 1. The standard InChI is InChI=1S/C14H10N4O2.C8H5NO2.C6H7N3O.CH2Cl2/c15-8-10-3-1-4-11(7-10)13(19)17-18-14(20)12-5-2-6-16-9-12;9-5-6-2-1-3-7(4-6)8(10)11;7-9-6(10)5-2-1-3-8-4-5;2-1-3/h1-7,9H,(H,17,19)(H,18,20);1-4H,(H,10,11);1-4H,7H2,(H,9,10);1H2. The van der Waals surface area contributed by atoms with Crippen molar-refractivity contribution in [3.8, 4) is 12.1 Å². The number of carbonyl (C=O) groups is 4. The first-order valence-corrected chi connectivity index (χ1v) is 13.0. The van der Waals surface area contributed by atoms with Gasteiger partial charge in [-0.15, -0.1) is 23.2 Å². The second-order valence-electron chi connectivity index (χ2n) is 7.66. The van der Waals surface area contributed by atoms with Gasteiger partial charge in [0.15, 0.2) is 0 Å². The lowest BCUT2D eigenvalue weighted by atomic mass is 10.1. The van der Waals surface area contributed by atoms with E-state index in [4.69, 9.17) is 44.7 Å². The van der Waals surface area contributed by atoms with Crippen LogP contribution in [0.3, 0.4) is 0 Å². The van der Waals surface area contributed by atoms with Crippen molar-refractivity contribution in [3.63, 3.8) is 0 Å². The molecule has 0 saturated carbocycles. The number of halogens is 2. The van der Waals surface area contributed by atoms with Gasteiger partial charge in [-0.2, -0.15) is 10.5 Å². The molecule has 4 aromatic rings. The van der Waals surface area contributed by atoms with Crippen LogP contribution < -0.4 is 22.1 Å². The number of amides is 3. The molecule has 2 aromatic heterocycles. The molecule has 0 spiro atoms. The second kappa shape index (κ2) is 20.9. The summed E-state index contributed by atoms with van der Waals surface area (Å²) in [5.74, 6) is 2.57. The van der Waals surface area contributed by atoms with Crippen molar-refractivity contribution < 1.29 is 24.3 Å². The SMILES string of the molecule is ClCCl.N#Cc1cccc(C(=O)NNC(=O)c2cccnc2)c1.N#Cc1cccc(C(=O)O)c1.NNC(=O)c1cccnc1. The molecule has 0 aliphatic rings. The molecule has 0 radical (unpaired) electrons. The number of nitrogen functional groups attached to an aromatic ring is 1. The van der Waals surface area contributed by atoms with Crippen LogP contribution in [0.15, 0.2) is 97.6 Å². The number of nitriles is 2. The number of benzene rings is 2. The Morgan fingerprint density at radius 2 is 1.11 bits per heavy atom. The molecule has 2 aromatic carbocycles. The van der Waals surface area contributed by atoms with Gasteiger partial charge >= 0.3 is 5.97 Å². The number of aromatic nitrogens is 2. The van der Waals surface area contributed by atoms with Crippen LogP contribution in [-0.2, 0) is 0 Å². The summed E-state index contributed by atoms with van der Waals surface area (Å²) in [6.07, 6.45) is 5.97. The summed E-state index contributed by atoms with van der Waals surface area (Å²) < 4.78 is 0. The molecule has 4 rings (SSSR count). The number of aromatic carboxylic acids is 1. The van der Waals surface area contributed by atoms with E-state index in [1.165, 1.54) is 30.6 Å². The number of carbonyl (C=O) groups excluding carboxylic acids is 3. The van der Waals surface area contributed by atoms with Gasteiger partial charge < -0.3 is 5.11 Å². The number of alkyl halides is 2. The van der Waals surface area contributed by atoms with E-state index >= 15 is 0 Å². The first-order valence-electron chi connectivity index (χ1n) is 12.0. The molecular formula is C29H24Cl2N8O5. The lowest BCUT2D eigenvalue weighted by molar-refractivity contribution is 0.0696. The zero-order valence-corrected chi connectivity index (χ0v) is 24.2. The summed E-state index contributed by atoms with van der Waals surface area (Å²) in [4.78, 5) is 52.1. The lowest BCUT2D eigenvalue weighted by Gasteiger charge is -2.07. The van der Waals surface area contributed by atoms with Gasteiger partial charge in [-0.1, -0.05) is 12.1 Å². The molecule has 6 N–H and O–H groups in total. The third-order valence-corrected chi connectivity index (χ3v) is 4.76. The summed E-state index contributed by atoms with van der Waals surface area (Å²) in [6.45, 7) is 0. The van der Waals surface area contributed by atoms with Crippen molar-refractivity contribution in [1.29, 1.82) is 10.5 Å². The third-order valence-electron chi connectivity index (χ3n) is 4.76. The van der Waals surface area contributed by atoms with E-state index in [1.807, 2.05) is 17.6 Å². The van der Waals surface area contributed by atoms with E-state index in [1.54, 1.807) is 67.0 Å². The zero-order valence-electron chi connectivity index (χ0n) is 22.6. The molecule has 0 aliphatic carbocycles. The molecule has 0 fully saturated rings. The lowest BCUT2D eigenvalue weighted by Crippen LogP contribution is -2.41. The highest BCUT2D eigenvalue weighted by atomic mass is 35.5. The fraction of sp³-hybridized carbons (Fsp3) is 0.0345. The van der Waals surface area contributed by atoms with Gasteiger partial charge in [0, 0.05) is 30.4 Å². The van der Waals surface area contributed by atoms with Crippen molar-refractivity contribution >= 4 is 46.9 Å². The van der Waals surface area contributed by atoms with Crippen LogP contribution in [0, 0.1) is 22.7 Å². The Hall–Kier alpha value is -5.86. The maximum atomic E-state index is 11.8. The highest BCUT2D eigenvalue weighted by Crippen LogP contribution is 2.04. The normalized spacial score (nSPS) is 8.84. The van der Waals surface area contributed by atoms with Crippen molar-refractivity contribution in [2.45, 2.75) is 0 Å². The molecule has 3 amide bonds. The minimum absolute atomic E-state index is 0.143. The predicted molar refractivity (Wildman–Crippen MR) is 161 cm³/mol. The van der Waals surface area contributed by atoms with Gasteiger partial charge in [0.1, 0.15) is 0 Å². The summed E-state index contributed by atoms with van der Waals surface area (Å²) >= 11 is 9.53. The molecule has 0 aliphatic heterocycles. The fourth-order valence-electron chi connectivity index (χ4n) is 2.79. The van der Waals surface area contributed by atoms with E-state index in [0.717, 1.165) is 0 Å². The molecule has 0 saturated heterocycles. The van der Waals surface area contributed by atoms with Crippen LogP contribution in [0.5, 0.6) is 0 Å². The van der Waals surface area contributed by atoms with Crippen molar-refractivity contribution in [2.24, 2.45) is 5.84 Å². The molecule has 15 heteroatoms. The van der Waals surface area contributed by atoms with Crippen LogP contribution in [-0.4, -0.2) is 44.1 Å². The smallest absolute Gasteiger partial charge is 0.335 e. The summed E-state index contributed by atoms with van der Waals surface area (Å²) in [6, 6.07) is 22.3. The topological polar surface area (TPSA) is 224 Å². The van der Waals surface area contributed by atoms with Gasteiger partial charge in [-0.05, 0) is 60.7 Å². The number of nitrogens with one attached hydrogen (secondary N) is 3. The van der Waals surface area contributed by atoms with E-state index in [-0.39, 0.29) is 22.4 Å². The number of hydrazine groups is 2. The Kier molecular flexibility index (Phi) is 17.2. The Morgan fingerprint density at radius 1 is 0.705 bits per heavy atom. The highest BCUT2D eigenvalue weighted by Gasteiger charge is 2.09. The number of carboxylic acid groups (broad SMARTS) is 1. The maximum absolute atomic E-state index is 11.8. The summed E-state index contributed by atoms with van der Waals surface area (Å²) in [7, 11) is 0. The molecule has 0 unspecified atom stereocenters. The summed E-state index contributed by atoms with van der Waals surface area (Å²) in [5, 5.41) is 25.8. The average Bonchev–Trinajstić information content (AvgIpc) is 3.08. The number of rotatable bonds is 4. The van der Waals surface area contributed by atoms with Crippen molar-refractivity contribution in [2.75, 3.05) is 5.34 Å². The van der Waals surface area contributed by atoms with E-state index in [2.05, 4.69) is 20.8 Å². The van der Waals surface area contributed by atoms with Crippen LogP contribution in [0.25, 0.3) is 0 Å². The number of pyridine rings is 2.